The number of esters is 1. The average Bonchev–Trinajstić information content (AvgIpc) is 2.67. The Kier molecular flexibility index (Phi) is 9.07. The Morgan fingerprint density at radius 1 is 1.42 bits per heavy atom. The third-order valence-corrected chi connectivity index (χ3v) is 5.63. The van der Waals surface area contributed by atoms with Crippen molar-refractivity contribution in [3.63, 3.8) is 0 Å². The van der Waals surface area contributed by atoms with Crippen molar-refractivity contribution in [2.45, 2.75) is 57.5 Å². The highest BCUT2D eigenvalue weighted by molar-refractivity contribution is 14.1. The van der Waals surface area contributed by atoms with Crippen LogP contribution in [0.4, 0.5) is 5.82 Å². The number of hydrogen-bond donors (Lipinski definition) is 3. The molecule has 0 aromatic carbocycles. The number of aliphatic hydroxyl groups excluding tert-OH is 1. The molecule has 0 aliphatic heterocycles. The van der Waals surface area contributed by atoms with Gasteiger partial charge in [-0.3, -0.25) is 0 Å². The van der Waals surface area contributed by atoms with Gasteiger partial charge in [0.2, 0.25) is 0 Å². The second-order valence-corrected chi connectivity index (χ2v) is 8.27. The molecule has 6 nitrogen and oxygen atoms in total. The van der Waals surface area contributed by atoms with Gasteiger partial charge in [-0.15, -0.1) is 0 Å². The molecule has 1 aromatic rings. The number of rotatable bonds is 9. The molecule has 0 radical (unpaired) electrons. The number of nitrogens with zero attached hydrogens (tertiary/aromatic N) is 1. The summed E-state index contributed by atoms with van der Waals surface area (Å²) in [4.78, 5) is 16.3. The predicted octanol–water partition coefficient (Wildman–Crippen LogP) is 3.19. The molecule has 26 heavy (non-hydrogen) atoms. The first-order valence-corrected chi connectivity index (χ1v) is 10.5. The summed E-state index contributed by atoms with van der Waals surface area (Å²) in [6.07, 6.45) is 8.90. The van der Waals surface area contributed by atoms with Crippen molar-refractivity contribution >= 4 is 34.4 Å². The highest BCUT2D eigenvalue weighted by Gasteiger charge is 2.22. The monoisotopic (exact) mass is 475 g/mol. The Balaban J connectivity index is 1.95. The SMILES string of the molecule is COC(=O)c1cc(I)cnc1NCC[C@H](NC1CCCCC1)C(C)CO. The van der Waals surface area contributed by atoms with Gasteiger partial charge < -0.3 is 20.5 Å². The zero-order valence-electron chi connectivity index (χ0n) is 15.6. The summed E-state index contributed by atoms with van der Waals surface area (Å²) in [7, 11) is 1.37. The predicted molar refractivity (Wildman–Crippen MR) is 111 cm³/mol. The van der Waals surface area contributed by atoms with Gasteiger partial charge in [0.1, 0.15) is 11.4 Å². The maximum Gasteiger partial charge on any atom is 0.341 e. The standard InChI is InChI=1S/C19H30IN3O3/c1-13(12-24)17(23-15-6-4-3-5-7-15)8-9-21-18-16(19(25)26-2)10-14(20)11-22-18/h10-11,13,15,17,23-24H,3-9,12H2,1-2H3,(H,21,22)/t13?,17-/m0/s1. The number of aromatic nitrogens is 1. The fourth-order valence-electron chi connectivity index (χ4n) is 3.42. The van der Waals surface area contributed by atoms with Crippen molar-refractivity contribution < 1.29 is 14.6 Å². The van der Waals surface area contributed by atoms with E-state index in [0.29, 0.717) is 24.0 Å². The summed E-state index contributed by atoms with van der Waals surface area (Å²) in [5, 5.41) is 16.6. The van der Waals surface area contributed by atoms with Crippen LogP contribution in [0, 0.1) is 9.49 Å². The van der Waals surface area contributed by atoms with Crippen molar-refractivity contribution in [2.24, 2.45) is 5.92 Å². The largest absolute Gasteiger partial charge is 0.465 e. The molecular formula is C19H30IN3O3. The fraction of sp³-hybridized carbons (Fsp3) is 0.684. The number of aliphatic hydroxyl groups is 1. The van der Waals surface area contributed by atoms with Crippen LogP contribution in [0.2, 0.25) is 0 Å². The van der Waals surface area contributed by atoms with E-state index < -0.39 is 0 Å². The highest BCUT2D eigenvalue weighted by atomic mass is 127. The molecule has 1 aromatic heterocycles. The molecule has 0 spiro atoms. The maximum atomic E-state index is 11.9. The second-order valence-electron chi connectivity index (χ2n) is 7.02. The quantitative estimate of drug-likeness (QED) is 0.376. The lowest BCUT2D eigenvalue weighted by Crippen LogP contribution is -2.44. The van der Waals surface area contributed by atoms with E-state index in [1.54, 1.807) is 12.3 Å². The van der Waals surface area contributed by atoms with Gasteiger partial charge in [0.05, 0.1) is 7.11 Å². The number of carbonyl (C=O) groups is 1. The van der Waals surface area contributed by atoms with E-state index in [-0.39, 0.29) is 24.5 Å². The fourth-order valence-corrected chi connectivity index (χ4v) is 3.87. The van der Waals surface area contributed by atoms with Crippen molar-refractivity contribution in [1.29, 1.82) is 0 Å². The van der Waals surface area contributed by atoms with Gasteiger partial charge >= 0.3 is 5.97 Å². The molecular weight excluding hydrogens is 445 g/mol. The van der Waals surface area contributed by atoms with Gasteiger partial charge in [-0.25, -0.2) is 9.78 Å². The third-order valence-electron chi connectivity index (χ3n) is 5.04. The molecule has 1 heterocycles. The Morgan fingerprint density at radius 2 is 2.15 bits per heavy atom. The first kappa shape index (κ1) is 21.4. The topological polar surface area (TPSA) is 83.5 Å². The molecule has 0 saturated heterocycles. The Bertz CT molecular complexity index is 579. The van der Waals surface area contributed by atoms with Crippen molar-refractivity contribution in [1.82, 2.24) is 10.3 Å². The third kappa shape index (κ3) is 6.35. The number of hydrogen-bond acceptors (Lipinski definition) is 6. The molecule has 1 saturated carbocycles. The van der Waals surface area contributed by atoms with E-state index in [9.17, 15) is 9.90 Å². The lowest BCUT2D eigenvalue weighted by atomic mass is 9.92. The number of ether oxygens (including phenoxy) is 1. The number of anilines is 1. The molecule has 1 aliphatic rings. The van der Waals surface area contributed by atoms with Crippen LogP contribution in [-0.4, -0.2) is 48.4 Å². The van der Waals surface area contributed by atoms with E-state index in [1.807, 2.05) is 0 Å². The van der Waals surface area contributed by atoms with Crippen LogP contribution in [-0.2, 0) is 4.74 Å². The zero-order valence-corrected chi connectivity index (χ0v) is 17.8. The lowest BCUT2D eigenvalue weighted by molar-refractivity contribution is 0.0601. The Labute approximate surface area is 169 Å². The van der Waals surface area contributed by atoms with Gasteiger partial charge in [0.25, 0.3) is 0 Å². The van der Waals surface area contributed by atoms with Gasteiger partial charge in [0, 0.05) is 35.0 Å². The van der Waals surface area contributed by atoms with Crippen molar-refractivity contribution in [2.75, 3.05) is 25.6 Å². The molecule has 0 amide bonds. The Morgan fingerprint density at radius 3 is 2.81 bits per heavy atom. The van der Waals surface area contributed by atoms with Crippen LogP contribution < -0.4 is 10.6 Å². The minimum atomic E-state index is -0.390. The summed E-state index contributed by atoms with van der Waals surface area (Å²) >= 11 is 2.13. The molecule has 7 heteroatoms. The molecule has 1 fully saturated rings. The molecule has 1 aliphatic carbocycles. The van der Waals surface area contributed by atoms with Gasteiger partial charge in [-0.2, -0.15) is 0 Å². The van der Waals surface area contributed by atoms with Crippen LogP contribution in [0.15, 0.2) is 12.3 Å². The minimum Gasteiger partial charge on any atom is -0.465 e. The molecule has 0 bridgehead atoms. The number of pyridine rings is 1. The number of methoxy groups -OCH3 is 1. The smallest absolute Gasteiger partial charge is 0.341 e. The van der Waals surface area contributed by atoms with Crippen LogP contribution >= 0.6 is 22.6 Å². The van der Waals surface area contributed by atoms with E-state index in [2.05, 4.69) is 45.1 Å². The minimum absolute atomic E-state index is 0.166. The molecule has 2 rings (SSSR count). The molecule has 3 N–H and O–H groups in total. The van der Waals surface area contributed by atoms with Crippen molar-refractivity contribution in [3.8, 4) is 0 Å². The first-order chi connectivity index (χ1) is 12.5. The van der Waals surface area contributed by atoms with E-state index in [0.717, 1.165) is 9.99 Å². The maximum absolute atomic E-state index is 11.9. The zero-order chi connectivity index (χ0) is 18.9. The summed E-state index contributed by atoms with van der Waals surface area (Å²) in [6.45, 7) is 2.91. The van der Waals surface area contributed by atoms with Gasteiger partial charge in [-0.05, 0) is 53.8 Å². The first-order valence-electron chi connectivity index (χ1n) is 9.39. The Hall–Kier alpha value is -0.930. The van der Waals surface area contributed by atoms with Gasteiger partial charge in [0.15, 0.2) is 0 Å². The summed E-state index contributed by atoms with van der Waals surface area (Å²) in [6, 6.07) is 2.56. The second kappa shape index (κ2) is 11.0. The summed E-state index contributed by atoms with van der Waals surface area (Å²) in [5.41, 5.74) is 0.450. The summed E-state index contributed by atoms with van der Waals surface area (Å²) in [5.74, 6) is 0.341. The highest BCUT2D eigenvalue weighted by Crippen LogP contribution is 2.21. The van der Waals surface area contributed by atoms with Crippen LogP contribution in [0.25, 0.3) is 0 Å². The van der Waals surface area contributed by atoms with E-state index in [1.165, 1.54) is 39.2 Å². The van der Waals surface area contributed by atoms with Crippen LogP contribution in [0.3, 0.4) is 0 Å². The van der Waals surface area contributed by atoms with Crippen LogP contribution in [0.5, 0.6) is 0 Å². The number of halogens is 1. The average molecular weight is 475 g/mol. The number of carbonyl (C=O) groups excluding carboxylic acids is 1. The molecule has 1 unspecified atom stereocenters. The van der Waals surface area contributed by atoms with Crippen molar-refractivity contribution in [3.05, 3.63) is 21.4 Å². The molecule has 2 atom stereocenters. The summed E-state index contributed by atoms with van der Waals surface area (Å²) < 4.78 is 5.74. The normalized spacial score (nSPS) is 17.5. The van der Waals surface area contributed by atoms with E-state index in [4.69, 9.17) is 4.74 Å². The van der Waals surface area contributed by atoms with Gasteiger partial charge in [-0.1, -0.05) is 26.2 Å². The van der Waals surface area contributed by atoms with E-state index >= 15 is 0 Å². The van der Waals surface area contributed by atoms with Crippen LogP contribution in [0.1, 0.15) is 55.8 Å². The molecule has 146 valence electrons. The lowest BCUT2D eigenvalue weighted by Gasteiger charge is -2.31. The number of nitrogens with one attached hydrogen (secondary N) is 2.